The largest absolute Gasteiger partial charge is 0.320 e. The Morgan fingerprint density at radius 2 is 1.57 bits per heavy atom. The van der Waals surface area contributed by atoms with E-state index in [0.29, 0.717) is 11.3 Å². The monoisotopic (exact) mass is 308 g/mol. The number of benzene rings is 2. The zero-order chi connectivity index (χ0) is 16.6. The molecule has 2 amide bonds. The Bertz CT molecular complexity index is 742. The predicted octanol–water partition coefficient (Wildman–Crippen LogP) is 3.25. The average Bonchev–Trinajstić information content (AvgIpc) is 2.66. The summed E-state index contributed by atoms with van der Waals surface area (Å²) in [6.07, 6.45) is 0. The van der Waals surface area contributed by atoms with Crippen LogP contribution >= 0.6 is 0 Å². The molecule has 23 heavy (non-hydrogen) atoms. The summed E-state index contributed by atoms with van der Waals surface area (Å²) in [5, 5.41) is 0. The van der Waals surface area contributed by atoms with Crippen molar-refractivity contribution in [3.05, 3.63) is 65.7 Å². The van der Waals surface area contributed by atoms with Crippen molar-refractivity contribution in [1.29, 1.82) is 0 Å². The van der Waals surface area contributed by atoms with Crippen LogP contribution in [0, 0.1) is 0 Å². The van der Waals surface area contributed by atoms with Gasteiger partial charge in [-0.1, -0.05) is 42.5 Å². The SMILES string of the molecule is C[C@H]1C(=O)N(C)c2ccccc2C(=O)N1[C@@H](C)c1ccccc1. The number of amides is 2. The topological polar surface area (TPSA) is 40.6 Å². The van der Waals surface area contributed by atoms with Crippen molar-refractivity contribution in [1.82, 2.24) is 4.90 Å². The molecule has 3 rings (SSSR count). The number of hydrogen-bond acceptors (Lipinski definition) is 2. The van der Waals surface area contributed by atoms with Crippen LogP contribution in [0.15, 0.2) is 54.6 Å². The van der Waals surface area contributed by atoms with Gasteiger partial charge in [0, 0.05) is 7.05 Å². The number of rotatable bonds is 2. The molecule has 2 aromatic rings. The van der Waals surface area contributed by atoms with Crippen LogP contribution in [0.3, 0.4) is 0 Å². The lowest BCUT2D eigenvalue weighted by Crippen LogP contribution is -2.46. The molecule has 0 saturated heterocycles. The summed E-state index contributed by atoms with van der Waals surface area (Å²) in [4.78, 5) is 29.1. The normalized spacial score (nSPS) is 19.3. The van der Waals surface area contributed by atoms with Gasteiger partial charge in [-0.05, 0) is 31.5 Å². The molecule has 0 radical (unpaired) electrons. The van der Waals surface area contributed by atoms with E-state index in [1.807, 2.05) is 55.5 Å². The van der Waals surface area contributed by atoms with Gasteiger partial charge in [-0.15, -0.1) is 0 Å². The molecule has 1 aliphatic heterocycles. The van der Waals surface area contributed by atoms with Gasteiger partial charge in [-0.2, -0.15) is 0 Å². The van der Waals surface area contributed by atoms with Gasteiger partial charge in [0.2, 0.25) is 5.91 Å². The molecule has 0 aliphatic carbocycles. The van der Waals surface area contributed by atoms with E-state index in [9.17, 15) is 9.59 Å². The van der Waals surface area contributed by atoms with Crippen LogP contribution in [0.2, 0.25) is 0 Å². The third kappa shape index (κ3) is 2.50. The van der Waals surface area contributed by atoms with Crippen molar-refractivity contribution in [2.24, 2.45) is 0 Å². The number of carbonyl (C=O) groups excluding carboxylic acids is 2. The Morgan fingerprint density at radius 3 is 2.26 bits per heavy atom. The van der Waals surface area contributed by atoms with E-state index in [2.05, 4.69) is 0 Å². The highest BCUT2D eigenvalue weighted by Gasteiger charge is 2.38. The minimum Gasteiger partial charge on any atom is -0.320 e. The first-order valence-corrected chi connectivity index (χ1v) is 7.76. The molecule has 0 N–H and O–H groups in total. The number of hydrogen-bond donors (Lipinski definition) is 0. The molecule has 0 unspecified atom stereocenters. The molecule has 2 aromatic carbocycles. The Labute approximate surface area is 136 Å². The van der Waals surface area contributed by atoms with Gasteiger partial charge >= 0.3 is 0 Å². The molecule has 0 aromatic heterocycles. The molecule has 1 aliphatic rings. The lowest BCUT2D eigenvalue weighted by molar-refractivity contribution is -0.122. The highest BCUT2D eigenvalue weighted by molar-refractivity contribution is 6.10. The van der Waals surface area contributed by atoms with Gasteiger partial charge in [0.05, 0.1) is 17.3 Å². The third-order valence-corrected chi connectivity index (χ3v) is 4.53. The van der Waals surface area contributed by atoms with Crippen LogP contribution in [0.5, 0.6) is 0 Å². The molecule has 2 atom stereocenters. The van der Waals surface area contributed by atoms with Crippen molar-refractivity contribution in [2.75, 3.05) is 11.9 Å². The first-order valence-electron chi connectivity index (χ1n) is 7.76. The second kappa shape index (κ2) is 5.88. The Hall–Kier alpha value is -2.62. The summed E-state index contributed by atoms with van der Waals surface area (Å²) >= 11 is 0. The highest BCUT2D eigenvalue weighted by Crippen LogP contribution is 2.32. The molecule has 0 spiro atoms. The van der Waals surface area contributed by atoms with Gasteiger partial charge in [-0.25, -0.2) is 0 Å². The van der Waals surface area contributed by atoms with Crippen molar-refractivity contribution in [2.45, 2.75) is 25.9 Å². The molecule has 0 bridgehead atoms. The number of para-hydroxylation sites is 1. The predicted molar refractivity (Wildman–Crippen MR) is 90.3 cm³/mol. The molecular formula is C19H20N2O2. The lowest BCUT2D eigenvalue weighted by atomic mass is 10.0. The van der Waals surface area contributed by atoms with Crippen molar-refractivity contribution in [3.63, 3.8) is 0 Å². The van der Waals surface area contributed by atoms with Crippen LogP contribution < -0.4 is 4.90 Å². The first-order chi connectivity index (χ1) is 11.0. The fraction of sp³-hybridized carbons (Fsp3) is 0.263. The van der Waals surface area contributed by atoms with E-state index in [4.69, 9.17) is 0 Å². The number of nitrogens with zero attached hydrogens (tertiary/aromatic N) is 2. The summed E-state index contributed by atoms with van der Waals surface area (Å²) in [5.41, 5.74) is 2.25. The van der Waals surface area contributed by atoms with Gasteiger partial charge in [0.25, 0.3) is 5.91 Å². The summed E-state index contributed by atoms with van der Waals surface area (Å²) in [7, 11) is 1.72. The van der Waals surface area contributed by atoms with Crippen LogP contribution in [0.4, 0.5) is 5.69 Å². The van der Waals surface area contributed by atoms with E-state index in [1.54, 1.807) is 29.8 Å². The Morgan fingerprint density at radius 1 is 0.957 bits per heavy atom. The molecule has 0 fully saturated rings. The van der Waals surface area contributed by atoms with Crippen LogP contribution in [0.25, 0.3) is 0 Å². The van der Waals surface area contributed by atoms with Crippen LogP contribution in [-0.2, 0) is 4.79 Å². The second-order valence-electron chi connectivity index (χ2n) is 5.89. The van der Waals surface area contributed by atoms with Crippen molar-refractivity contribution < 1.29 is 9.59 Å². The van der Waals surface area contributed by atoms with E-state index < -0.39 is 6.04 Å². The van der Waals surface area contributed by atoms with Crippen LogP contribution in [0.1, 0.15) is 35.8 Å². The van der Waals surface area contributed by atoms with Crippen molar-refractivity contribution >= 4 is 17.5 Å². The maximum atomic E-state index is 13.1. The van der Waals surface area contributed by atoms with Gasteiger partial charge in [-0.3, -0.25) is 9.59 Å². The van der Waals surface area contributed by atoms with E-state index >= 15 is 0 Å². The fourth-order valence-corrected chi connectivity index (χ4v) is 3.18. The molecular weight excluding hydrogens is 288 g/mol. The van der Waals surface area contributed by atoms with Gasteiger partial charge in [0.1, 0.15) is 6.04 Å². The minimum absolute atomic E-state index is 0.0777. The highest BCUT2D eigenvalue weighted by atomic mass is 16.2. The third-order valence-electron chi connectivity index (χ3n) is 4.53. The smallest absolute Gasteiger partial charge is 0.257 e. The van der Waals surface area contributed by atoms with Gasteiger partial charge in [0.15, 0.2) is 0 Å². The fourth-order valence-electron chi connectivity index (χ4n) is 3.18. The quantitative estimate of drug-likeness (QED) is 0.854. The maximum Gasteiger partial charge on any atom is 0.257 e. The van der Waals surface area contributed by atoms with E-state index in [1.165, 1.54) is 0 Å². The van der Waals surface area contributed by atoms with E-state index in [0.717, 1.165) is 5.56 Å². The zero-order valence-corrected chi connectivity index (χ0v) is 13.6. The summed E-state index contributed by atoms with van der Waals surface area (Å²) in [6.45, 7) is 3.76. The molecule has 118 valence electrons. The zero-order valence-electron chi connectivity index (χ0n) is 13.6. The second-order valence-corrected chi connectivity index (χ2v) is 5.89. The number of carbonyl (C=O) groups is 2. The maximum absolute atomic E-state index is 13.1. The standard InChI is InChI=1S/C19H20N2O2/c1-13(15-9-5-4-6-10-15)21-14(2)18(22)20(3)17-12-8-7-11-16(17)19(21)23/h4-14H,1-3H3/t13-,14-/m0/s1. The van der Waals surface area contributed by atoms with Crippen molar-refractivity contribution in [3.8, 4) is 0 Å². The molecule has 4 nitrogen and oxygen atoms in total. The molecule has 1 heterocycles. The van der Waals surface area contributed by atoms with Gasteiger partial charge < -0.3 is 9.80 Å². The average molecular weight is 308 g/mol. The minimum atomic E-state index is -0.518. The van der Waals surface area contributed by atoms with Crippen LogP contribution in [-0.4, -0.2) is 29.8 Å². The molecule has 4 heteroatoms. The van der Waals surface area contributed by atoms with E-state index in [-0.39, 0.29) is 17.9 Å². The molecule has 0 saturated carbocycles. The number of likely N-dealkylation sites (N-methyl/N-ethyl adjacent to an activating group) is 1. The Balaban J connectivity index is 2.10. The summed E-state index contributed by atoms with van der Waals surface area (Å²) in [6, 6.07) is 16.4. The summed E-state index contributed by atoms with van der Waals surface area (Å²) < 4.78 is 0. The number of anilines is 1. The number of fused-ring (bicyclic) bond motifs is 1. The Kier molecular flexibility index (Phi) is 3.90. The summed E-state index contributed by atoms with van der Waals surface area (Å²) in [5.74, 6) is -0.187. The first kappa shape index (κ1) is 15.3. The lowest BCUT2D eigenvalue weighted by Gasteiger charge is -2.33.